The zero-order valence-electron chi connectivity index (χ0n) is 14.7. The predicted molar refractivity (Wildman–Crippen MR) is 99.0 cm³/mol. The van der Waals surface area contributed by atoms with E-state index in [0.29, 0.717) is 6.54 Å². The van der Waals surface area contributed by atoms with Crippen LogP contribution in [0.4, 0.5) is 0 Å². The largest absolute Gasteiger partial charge is 0.497 e. The van der Waals surface area contributed by atoms with Crippen LogP contribution in [-0.2, 0) is 12.0 Å². The molecule has 1 heterocycles. The first-order chi connectivity index (χ1) is 11.5. The van der Waals surface area contributed by atoms with E-state index in [0.717, 1.165) is 27.8 Å². The average Bonchev–Trinajstić information content (AvgIpc) is 2.61. The van der Waals surface area contributed by atoms with Crippen LogP contribution >= 0.6 is 0 Å². The van der Waals surface area contributed by atoms with Crippen LogP contribution < -0.4 is 10.3 Å². The van der Waals surface area contributed by atoms with Crippen molar-refractivity contribution < 1.29 is 4.74 Å². The molecule has 0 radical (unpaired) electrons. The van der Waals surface area contributed by atoms with Crippen molar-refractivity contribution in [3.63, 3.8) is 0 Å². The van der Waals surface area contributed by atoms with E-state index in [9.17, 15) is 4.79 Å². The smallest absolute Gasteiger partial charge is 0.255 e. The molecule has 0 bridgehead atoms. The molecule has 3 rings (SSSR count). The monoisotopic (exact) mass is 321 g/mol. The van der Waals surface area contributed by atoms with Gasteiger partial charge in [-0.3, -0.25) is 4.79 Å². The molecule has 0 saturated carbocycles. The molecule has 3 aromatic rings. The standard InChI is InChI=1S/C21H23NO2/c1-5-22-19-14-17(24-4)12-11-15(19)13-18(20(22)23)21(2,3)16-9-7-6-8-10-16/h6-14H,5H2,1-4H3. The summed E-state index contributed by atoms with van der Waals surface area (Å²) in [4.78, 5) is 13.2. The molecule has 1 aromatic heterocycles. The normalized spacial score (nSPS) is 11.7. The summed E-state index contributed by atoms with van der Waals surface area (Å²) in [7, 11) is 1.64. The number of aryl methyl sites for hydroxylation is 1. The van der Waals surface area contributed by atoms with Crippen molar-refractivity contribution in [1.82, 2.24) is 4.57 Å². The third kappa shape index (κ3) is 2.60. The molecule has 124 valence electrons. The van der Waals surface area contributed by atoms with Gasteiger partial charge in [-0.25, -0.2) is 0 Å². The quantitative estimate of drug-likeness (QED) is 0.715. The van der Waals surface area contributed by atoms with Gasteiger partial charge in [0, 0.05) is 23.6 Å². The molecule has 0 aliphatic heterocycles. The van der Waals surface area contributed by atoms with Gasteiger partial charge in [0.05, 0.1) is 12.6 Å². The summed E-state index contributed by atoms with van der Waals surface area (Å²) in [6, 6.07) is 18.1. The average molecular weight is 321 g/mol. The molecule has 0 amide bonds. The van der Waals surface area contributed by atoms with E-state index in [1.165, 1.54) is 0 Å². The SMILES string of the molecule is CCn1c(=O)c(C(C)(C)c2ccccc2)cc2ccc(OC)cc21. The van der Waals surface area contributed by atoms with Crippen molar-refractivity contribution >= 4 is 10.9 Å². The van der Waals surface area contributed by atoms with E-state index in [1.54, 1.807) is 7.11 Å². The number of rotatable bonds is 4. The Labute approximate surface area is 142 Å². The molecule has 0 unspecified atom stereocenters. The summed E-state index contributed by atoms with van der Waals surface area (Å²) in [6.45, 7) is 6.84. The van der Waals surface area contributed by atoms with Gasteiger partial charge in [-0.2, -0.15) is 0 Å². The highest BCUT2D eigenvalue weighted by molar-refractivity contribution is 5.81. The molecule has 3 nitrogen and oxygen atoms in total. The van der Waals surface area contributed by atoms with Gasteiger partial charge in [-0.05, 0) is 36.1 Å². The molecule has 0 saturated heterocycles. The van der Waals surface area contributed by atoms with Crippen molar-refractivity contribution in [2.45, 2.75) is 32.7 Å². The first kappa shape index (κ1) is 16.3. The number of hydrogen-bond acceptors (Lipinski definition) is 2. The minimum atomic E-state index is -0.358. The molecular weight excluding hydrogens is 298 g/mol. The maximum absolute atomic E-state index is 13.2. The number of benzene rings is 2. The zero-order valence-corrected chi connectivity index (χ0v) is 14.7. The van der Waals surface area contributed by atoms with Crippen LogP contribution in [0.25, 0.3) is 10.9 Å². The molecule has 24 heavy (non-hydrogen) atoms. The summed E-state index contributed by atoms with van der Waals surface area (Å²) in [5, 5.41) is 1.05. The molecule has 3 heteroatoms. The molecular formula is C21H23NO2. The fourth-order valence-corrected chi connectivity index (χ4v) is 3.25. The van der Waals surface area contributed by atoms with Crippen LogP contribution in [0.5, 0.6) is 5.75 Å². The Balaban J connectivity index is 2.30. The van der Waals surface area contributed by atoms with Gasteiger partial charge in [0.15, 0.2) is 0 Å². The predicted octanol–water partition coefficient (Wildman–Crippen LogP) is 4.36. The van der Waals surface area contributed by atoms with Gasteiger partial charge in [0.25, 0.3) is 5.56 Å². The lowest BCUT2D eigenvalue weighted by Gasteiger charge is -2.26. The first-order valence-corrected chi connectivity index (χ1v) is 8.26. The molecule has 0 N–H and O–H groups in total. The van der Waals surface area contributed by atoms with E-state index in [1.807, 2.05) is 54.0 Å². The molecule has 0 aliphatic rings. The Kier molecular flexibility index (Phi) is 4.18. The number of methoxy groups -OCH3 is 1. The Bertz CT molecular complexity index is 924. The van der Waals surface area contributed by atoms with Crippen molar-refractivity contribution in [1.29, 1.82) is 0 Å². The number of hydrogen-bond donors (Lipinski definition) is 0. The number of fused-ring (bicyclic) bond motifs is 1. The Morgan fingerprint density at radius 1 is 1.04 bits per heavy atom. The first-order valence-electron chi connectivity index (χ1n) is 8.26. The van der Waals surface area contributed by atoms with Crippen LogP contribution in [0.3, 0.4) is 0 Å². The molecule has 0 aliphatic carbocycles. The zero-order chi connectivity index (χ0) is 17.3. The third-order valence-corrected chi connectivity index (χ3v) is 4.79. The second-order valence-corrected chi connectivity index (χ2v) is 6.52. The lowest BCUT2D eigenvalue weighted by molar-refractivity contribution is 0.415. The Hall–Kier alpha value is -2.55. The van der Waals surface area contributed by atoms with Crippen LogP contribution in [0.1, 0.15) is 31.9 Å². The van der Waals surface area contributed by atoms with Gasteiger partial charge < -0.3 is 9.30 Å². The second-order valence-electron chi connectivity index (χ2n) is 6.52. The van der Waals surface area contributed by atoms with Crippen LogP contribution in [0.15, 0.2) is 59.4 Å². The molecule has 0 spiro atoms. The molecule has 2 aromatic carbocycles. The highest BCUT2D eigenvalue weighted by Gasteiger charge is 2.27. The van der Waals surface area contributed by atoms with Gasteiger partial charge in [0.2, 0.25) is 0 Å². The number of nitrogens with zero attached hydrogens (tertiary/aromatic N) is 1. The van der Waals surface area contributed by atoms with E-state index in [4.69, 9.17) is 4.74 Å². The van der Waals surface area contributed by atoms with Crippen molar-refractivity contribution in [3.8, 4) is 5.75 Å². The van der Waals surface area contributed by atoms with Crippen LogP contribution in [0.2, 0.25) is 0 Å². The van der Waals surface area contributed by atoms with Gasteiger partial charge in [-0.1, -0.05) is 44.2 Å². The van der Waals surface area contributed by atoms with E-state index in [2.05, 4.69) is 26.0 Å². The minimum Gasteiger partial charge on any atom is -0.497 e. The van der Waals surface area contributed by atoms with Crippen molar-refractivity contribution in [2.24, 2.45) is 0 Å². The van der Waals surface area contributed by atoms with Gasteiger partial charge in [0.1, 0.15) is 5.75 Å². The summed E-state index contributed by atoms with van der Waals surface area (Å²) < 4.78 is 7.14. The highest BCUT2D eigenvalue weighted by Crippen LogP contribution is 2.31. The minimum absolute atomic E-state index is 0.0621. The van der Waals surface area contributed by atoms with Crippen molar-refractivity contribution in [3.05, 3.63) is 76.1 Å². The Morgan fingerprint density at radius 2 is 1.75 bits per heavy atom. The maximum Gasteiger partial charge on any atom is 0.255 e. The molecule has 0 fully saturated rings. The van der Waals surface area contributed by atoms with Crippen molar-refractivity contribution in [2.75, 3.05) is 7.11 Å². The lowest BCUT2D eigenvalue weighted by Crippen LogP contribution is -2.32. The fraction of sp³-hybridized carbons (Fsp3) is 0.286. The molecule has 0 atom stereocenters. The van der Waals surface area contributed by atoms with E-state index < -0.39 is 0 Å². The van der Waals surface area contributed by atoms with E-state index in [-0.39, 0.29) is 11.0 Å². The van der Waals surface area contributed by atoms with Crippen LogP contribution in [-0.4, -0.2) is 11.7 Å². The summed E-state index contributed by atoms with van der Waals surface area (Å²) in [5.41, 5.74) is 2.57. The topological polar surface area (TPSA) is 31.2 Å². The van der Waals surface area contributed by atoms with Crippen LogP contribution in [0, 0.1) is 0 Å². The summed E-state index contributed by atoms with van der Waals surface area (Å²) in [6.07, 6.45) is 0. The Morgan fingerprint density at radius 3 is 2.38 bits per heavy atom. The number of aromatic nitrogens is 1. The summed E-state index contributed by atoms with van der Waals surface area (Å²) in [5.74, 6) is 0.763. The summed E-state index contributed by atoms with van der Waals surface area (Å²) >= 11 is 0. The second kappa shape index (κ2) is 6.16. The maximum atomic E-state index is 13.2. The third-order valence-electron chi connectivity index (χ3n) is 4.79. The van der Waals surface area contributed by atoms with Gasteiger partial charge >= 0.3 is 0 Å². The number of ether oxygens (including phenoxy) is 1. The fourth-order valence-electron chi connectivity index (χ4n) is 3.25. The lowest BCUT2D eigenvalue weighted by atomic mass is 9.78. The van der Waals surface area contributed by atoms with E-state index >= 15 is 0 Å². The number of pyridine rings is 1. The highest BCUT2D eigenvalue weighted by atomic mass is 16.5. The van der Waals surface area contributed by atoms with Gasteiger partial charge in [-0.15, -0.1) is 0 Å².